The van der Waals surface area contributed by atoms with Gasteiger partial charge in [0, 0.05) is 6.04 Å². The maximum atomic E-state index is 5.82. The fourth-order valence-electron chi connectivity index (χ4n) is 2.20. The maximum Gasteiger partial charge on any atom is 0.00643 e. The molecule has 1 nitrogen and oxygen atoms in total. The fraction of sp³-hybridized carbons (Fsp3) is 1.00. The highest BCUT2D eigenvalue weighted by Gasteiger charge is 2.30. The predicted molar refractivity (Wildman–Crippen MR) is 94.9 cm³/mol. The van der Waals surface area contributed by atoms with Crippen LogP contribution in [0.2, 0.25) is 0 Å². The Morgan fingerprint density at radius 3 is 1.25 bits per heavy atom. The van der Waals surface area contributed by atoms with Gasteiger partial charge in [-0.1, -0.05) is 76.2 Å². The van der Waals surface area contributed by atoms with E-state index in [2.05, 4.69) is 76.2 Å². The summed E-state index contributed by atoms with van der Waals surface area (Å²) < 4.78 is 0. The van der Waals surface area contributed by atoms with Crippen molar-refractivity contribution in [2.75, 3.05) is 0 Å². The van der Waals surface area contributed by atoms with E-state index in [9.17, 15) is 0 Å². The Bertz CT molecular complexity index is 226. The van der Waals surface area contributed by atoms with Crippen molar-refractivity contribution >= 4 is 0 Å². The Morgan fingerprint density at radius 2 is 1.15 bits per heavy atom. The first kappa shape index (κ1) is 22.2. The van der Waals surface area contributed by atoms with E-state index in [4.69, 9.17) is 5.73 Å². The van der Waals surface area contributed by atoms with E-state index in [-0.39, 0.29) is 0 Å². The van der Waals surface area contributed by atoms with Crippen LogP contribution in [0.15, 0.2) is 0 Å². The molecule has 0 amide bonds. The summed E-state index contributed by atoms with van der Waals surface area (Å²) in [6, 6.07) is 0.394. The molecule has 0 saturated heterocycles. The molecule has 1 heteroatoms. The lowest BCUT2D eigenvalue weighted by molar-refractivity contribution is 0.113. The second-order valence-electron chi connectivity index (χ2n) is 8.55. The molecule has 2 unspecified atom stereocenters. The predicted octanol–water partition coefficient (Wildman–Crippen LogP) is 5.98. The zero-order valence-corrected chi connectivity index (χ0v) is 16.2. The summed E-state index contributed by atoms with van der Waals surface area (Å²) in [6.07, 6.45) is 1.15. The minimum absolute atomic E-state index is 0.394. The zero-order chi connectivity index (χ0) is 16.7. The van der Waals surface area contributed by atoms with Crippen LogP contribution in [0.3, 0.4) is 0 Å². The molecule has 0 fully saturated rings. The SMILES string of the molecule is CC(C)C(C)C(C)(C)C(C)C.CC(C)CC(N)C(C)C. The van der Waals surface area contributed by atoms with Crippen LogP contribution in [0.5, 0.6) is 0 Å². The lowest BCUT2D eigenvalue weighted by Crippen LogP contribution is -2.30. The highest BCUT2D eigenvalue weighted by Crippen LogP contribution is 2.38. The molecule has 0 bridgehead atoms. The van der Waals surface area contributed by atoms with E-state index in [1.807, 2.05) is 0 Å². The Kier molecular flexibility index (Phi) is 10.9. The molecule has 0 saturated carbocycles. The van der Waals surface area contributed by atoms with Gasteiger partial charge in [-0.3, -0.25) is 0 Å². The third-order valence-electron chi connectivity index (χ3n) is 5.26. The molecule has 0 aliphatic heterocycles. The number of hydrogen-bond acceptors (Lipinski definition) is 1. The van der Waals surface area contributed by atoms with E-state index < -0.39 is 0 Å². The minimum atomic E-state index is 0.394. The smallest absolute Gasteiger partial charge is 0.00643 e. The van der Waals surface area contributed by atoms with Gasteiger partial charge in [-0.05, 0) is 41.4 Å². The molecule has 2 N–H and O–H groups in total. The van der Waals surface area contributed by atoms with Crippen LogP contribution in [-0.2, 0) is 0 Å². The van der Waals surface area contributed by atoms with Gasteiger partial charge in [0.25, 0.3) is 0 Å². The van der Waals surface area contributed by atoms with Gasteiger partial charge in [0.2, 0.25) is 0 Å². The Hall–Kier alpha value is -0.0400. The van der Waals surface area contributed by atoms with Crippen molar-refractivity contribution in [3.05, 3.63) is 0 Å². The van der Waals surface area contributed by atoms with E-state index in [0.29, 0.717) is 17.4 Å². The molecule has 0 aromatic carbocycles. The first-order valence-corrected chi connectivity index (χ1v) is 8.59. The molecule has 0 heterocycles. The lowest BCUT2D eigenvalue weighted by atomic mass is 9.67. The second kappa shape index (κ2) is 9.82. The molecule has 0 radical (unpaired) electrons. The lowest BCUT2D eigenvalue weighted by Gasteiger charge is -2.38. The van der Waals surface area contributed by atoms with Crippen molar-refractivity contribution in [3.8, 4) is 0 Å². The monoisotopic (exact) mass is 285 g/mol. The Morgan fingerprint density at radius 1 is 0.750 bits per heavy atom. The molecule has 124 valence electrons. The molecular formula is C19H43N. The van der Waals surface area contributed by atoms with Gasteiger partial charge in [-0.25, -0.2) is 0 Å². The molecule has 0 aromatic heterocycles. The van der Waals surface area contributed by atoms with Crippen LogP contribution in [0.1, 0.15) is 82.6 Å². The summed E-state index contributed by atoms with van der Waals surface area (Å²) in [7, 11) is 0. The first-order valence-electron chi connectivity index (χ1n) is 8.59. The summed E-state index contributed by atoms with van der Waals surface area (Å²) in [6.45, 7) is 25.2. The normalized spacial score (nSPS) is 15.6. The topological polar surface area (TPSA) is 26.0 Å². The second-order valence-corrected chi connectivity index (χ2v) is 8.55. The van der Waals surface area contributed by atoms with Gasteiger partial charge in [-0.2, -0.15) is 0 Å². The largest absolute Gasteiger partial charge is 0.327 e. The average Bonchev–Trinajstić information content (AvgIpc) is 2.27. The van der Waals surface area contributed by atoms with Crippen molar-refractivity contribution in [3.63, 3.8) is 0 Å². The standard InChI is InChI=1S/C11H24.C8H19N/c1-8(2)10(5)11(6,7)9(3)4;1-6(2)5-8(9)7(3)4/h8-10H,1-7H3;6-8H,5,9H2,1-4H3. The van der Waals surface area contributed by atoms with Crippen LogP contribution < -0.4 is 5.73 Å². The van der Waals surface area contributed by atoms with E-state index >= 15 is 0 Å². The fourth-order valence-corrected chi connectivity index (χ4v) is 2.20. The quantitative estimate of drug-likeness (QED) is 0.638. The number of nitrogens with two attached hydrogens (primary N) is 1. The molecule has 0 rings (SSSR count). The van der Waals surface area contributed by atoms with Crippen LogP contribution in [0.4, 0.5) is 0 Å². The third-order valence-corrected chi connectivity index (χ3v) is 5.26. The third kappa shape index (κ3) is 9.00. The van der Waals surface area contributed by atoms with E-state index in [1.54, 1.807) is 0 Å². The van der Waals surface area contributed by atoms with Crippen LogP contribution in [0, 0.1) is 35.0 Å². The molecule has 0 aliphatic rings. The molecular weight excluding hydrogens is 242 g/mol. The minimum Gasteiger partial charge on any atom is -0.327 e. The highest BCUT2D eigenvalue weighted by atomic mass is 14.6. The van der Waals surface area contributed by atoms with Crippen molar-refractivity contribution in [1.82, 2.24) is 0 Å². The summed E-state index contributed by atoms with van der Waals surface area (Å²) in [5.41, 5.74) is 6.30. The van der Waals surface area contributed by atoms with E-state index in [1.165, 1.54) is 0 Å². The Balaban J connectivity index is 0. The summed E-state index contributed by atoms with van der Waals surface area (Å²) in [4.78, 5) is 0. The van der Waals surface area contributed by atoms with Gasteiger partial charge < -0.3 is 5.73 Å². The number of rotatable bonds is 6. The van der Waals surface area contributed by atoms with Gasteiger partial charge in [0.05, 0.1) is 0 Å². The van der Waals surface area contributed by atoms with Crippen LogP contribution in [0.25, 0.3) is 0 Å². The average molecular weight is 286 g/mol. The summed E-state index contributed by atoms with van der Waals surface area (Å²) in [5.74, 6) is 3.75. The Labute approximate surface area is 130 Å². The van der Waals surface area contributed by atoms with E-state index in [0.717, 1.165) is 30.1 Å². The zero-order valence-electron chi connectivity index (χ0n) is 16.2. The number of hydrogen-bond donors (Lipinski definition) is 1. The highest BCUT2D eigenvalue weighted by molar-refractivity contribution is 4.79. The van der Waals surface area contributed by atoms with Crippen LogP contribution in [-0.4, -0.2) is 6.04 Å². The summed E-state index contributed by atoms with van der Waals surface area (Å²) >= 11 is 0. The molecule has 20 heavy (non-hydrogen) atoms. The van der Waals surface area contributed by atoms with Crippen molar-refractivity contribution in [1.29, 1.82) is 0 Å². The van der Waals surface area contributed by atoms with Crippen molar-refractivity contribution in [2.24, 2.45) is 40.7 Å². The van der Waals surface area contributed by atoms with Crippen LogP contribution >= 0.6 is 0 Å². The molecule has 0 aromatic rings. The van der Waals surface area contributed by atoms with Gasteiger partial charge >= 0.3 is 0 Å². The first-order chi connectivity index (χ1) is 8.83. The van der Waals surface area contributed by atoms with Gasteiger partial charge in [0.15, 0.2) is 0 Å². The van der Waals surface area contributed by atoms with Crippen molar-refractivity contribution < 1.29 is 0 Å². The van der Waals surface area contributed by atoms with Crippen molar-refractivity contribution in [2.45, 2.75) is 88.6 Å². The summed E-state index contributed by atoms with van der Waals surface area (Å²) in [5, 5.41) is 0. The maximum absolute atomic E-state index is 5.82. The molecule has 0 spiro atoms. The van der Waals surface area contributed by atoms with Gasteiger partial charge in [-0.15, -0.1) is 0 Å². The van der Waals surface area contributed by atoms with Gasteiger partial charge in [0.1, 0.15) is 0 Å². The molecule has 2 atom stereocenters. The molecule has 0 aliphatic carbocycles.